The van der Waals surface area contributed by atoms with Crippen LogP contribution < -0.4 is 5.32 Å². The molecule has 8 heteroatoms. The molecule has 0 radical (unpaired) electrons. The summed E-state index contributed by atoms with van der Waals surface area (Å²) in [6.07, 6.45) is 0. The smallest absolute Gasteiger partial charge is 0.326 e. The predicted octanol–water partition coefficient (Wildman–Crippen LogP) is 0.543. The van der Waals surface area contributed by atoms with Crippen molar-refractivity contribution in [2.45, 2.75) is 29.5 Å². The summed E-state index contributed by atoms with van der Waals surface area (Å²) in [6, 6.07) is 7.83. The van der Waals surface area contributed by atoms with Gasteiger partial charge in [-0.3, -0.25) is 14.9 Å². The maximum Gasteiger partial charge on any atom is 0.326 e. The molecule has 1 N–H and O–H groups in total. The molecule has 1 aromatic carbocycles. The SMILES string of the molecule is CCOC(=O)[C@]1(C)NCC(S(=O)(=O)c2ccccc2)[C@H]1C(=O)OC. The van der Waals surface area contributed by atoms with Gasteiger partial charge < -0.3 is 9.47 Å². The topological polar surface area (TPSA) is 98.8 Å². The average molecular weight is 355 g/mol. The number of rotatable bonds is 5. The summed E-state index contributed by atoms with van der Waals surface area (Å²) < 4.78 is 35.7. The minimum atomic E-state index is -3.83. The molecule has 3 atom stereocenters. The first-order valence-electron chi connectivity index (χ1n) is 7.58. The Morgan fingerprint density at radius 3 is 2.46 bits per heavy atom. The van der Waals surface area contributed by atoms with E-state index in [0.29, 0.717) is 0 Å². The van der Waals surface area contributed by atoms with Crippen molar-refractivity contribution < 1.29 is 27.5 Å². The normalized spacial score (nSPS) is 26.8. The van der Waals surface area contributed by atoms with Crippen molar-refractivity contribution in [1.29, 1.82) is 0 Å². The maximum atomic E-state index is 12.9. The molecule has 1 heterocycles. The summed E-state index contributed by atoms with van der Waals surface area (Å²) in [5, 5.41) is 1.73. The molecule has 2 rings (SSSR count). The quantitative estimate of drug-likeness (QED) is 0.770. The molecule has 1 aliphatic heterocycles. The molecule has 1 aromatic rings. The van der Waals surface area contributed by atoms with Gasteiger partial charge >= 0.3 is 11.9 Å². The highest BCUT2D eigenvalue weighted by Crippen LogP contribution is 2.35. The second-order valence-corrected chi connectivity index (χ2v) is 7.87. The Hall–Kier alpha value is -1.93. The van der Waals surface area contributed by atoms with Crippen molar-refractivity contribution in [3.8, 4) is 0 Å². The van der Waals surface area contributed by atoms with Crippen LogP contribution in [0.4, 0.5) is 0 Å². The van der Waals surface area contributed by atoms with Gasteiger partial charge in [0.2, 0.25) is 0 Å². The van der Waals surface area contributed by atoms with Gasteiger partial charge in [0.25, 0.3) is 0 Å². The Morgan fingerprint density at radius 2 is 1.92 bits per heavy atom. The molecule has 132 valence electrons. The van der Waals surface area contributed by atoms with Crippen LogP contribution in [0.2, 0.25) is 0 Å². The van der Waals surface area contributed by atoms with Crippen LogP contribution in [0, 0.1) is 5.92 Å². The first kappa shape index (κ1) is 18.4. The van der Waals surface area contributed by atoms with Gasteiger partial charge in [-0.1, -0.05) is 18.2 Å². The van der Waals surface area contributed by atoms with Crippen molar-refractivity contribution in [2.75, 3.05) is 20.3 Å². The zero-order valence-corrected chi connectivity index (χ0v) is 14.6. The van der Waals surface area contributed by atoms with Gasteiger partial charge in [-0.15, -0.1) is 0 Å². The first-order chi connectivity index (χ1) is 11.3. The van der Waals surface area contributed by atoms with E-state index in [0.717, 1.165) is 0 Å². The van der Waals surface area contributed by atoms with Gasteiger partial charge in [0.1, 0.15) is 11.5 Å². The van der Waals surface area contributed by atoms with Gasteiger partial charge in [-0.25, -0.2) is 8.42 Å². The lowest BCUT2D eigenvalue weighted by molar-refractivity contribution is -0.159. The zero-order chi connectivity index (χ0) is 18.0. The average Bonchev–Trinajstić information content (AvgIpc) is 2.95. The summed E-state index contributed by atoms with van der Waals surface area (Å²) >= 11 is 0. The summed E-state index contributed by atoms with van der Waals surface area (Å²) in [5.41, 5.74) is -1.46. The molecule has 1 unspecified atom stereocenters. The largest absolute Gasteiger partial charge is 0.469 e. The van der Waals surface area contributed by atoms with E-state index < -0.39 is 38.5 Å². The van der Waals surface area contributed by atoms with Gasteiger partial charge in [0.15, 0.2) is 9.84 Å². The molecule has 1 fully saturated rings. The fourth-order valence-electron chi connectivity index (χ4n) is 2.98. The second kappa shape index (κ2) is 6.90. The standard InChI is InChI=1S/C16H21NO6S/c1-4-23-15(19)16(2)13(14(18)22-3)12(10-17-16)24(20,21)11-8-6-5-7-9-11/h5-9,12-13,17H,4,10H2,1-3H3/t12?,13-,16+/m0/s1. The van der Waals surface area contributed by atoms with Crippen LogP contribution in [0.3, 0.4) is 0 Å². The summed E-state index contributed by atoms with van der Waals surface area (Å²) in [5.74, 6) is -2.64. The molecule has 1 saturated heterocycles. The number of nitrogens with one attached hydrogen (secondary N) is 1. The van der Waals surface area contributed by atoms with E-state index in [1.807, 2.05) is 0 Å². The minimum Gasteiger partial charge on any atom is -0.469 e. The summed E-state index contributed by atoms with van der Waals surface area (Å²) in [6.45, 7) is 3.18. The molecule has 7 nitrogen and oxygen atoms in total. The number of methoxy groups -OCH3 is 1. The fourth-order valence-corrected chi connectivity index (χ4v) is 4.91. The molecule has 0 aromatic heterocycles. The zero-order valence-electron chi connectivity index (χ0n) is 13.8. The number of hydrogen-bond donors (Lipinski definition) is 1. The molecular formula is C16H21NO6S. The van der Waals surface area contributed by atoms with Crippen LogP contribution in [0.15, 0.2) is 35.2 Å². The number of carbonyl (C=O) groups excluding carboxylic acids is 2. The molecule has 24 heavy (non-hydrogen) atoms. The third-order valence-corrected chi connectivity index (χ3v) is 6.45. The van der Waals surface area contributed by atoms with E-state index in [-0.39, 0.29) is 18.0 Å². The third kappa shape index (κ3) is 3.03. The van der Waals surface area contributed by atoms with Gasteiger partial charge in [0, 0.05) is 6.54 Å². The van der Waals surface area contributed by atoms with Gasteiger partial charge in [-0.05, 0) is 26.0 Å². The summed E-state index contributed by atoms with van der Waals surface area (Å²) in [7, 11) is -2.67. The van der Waals surface area contributed by atoms with Crippen LogP contribution in [0.1, 0.15) is 13.8 Å². The fraction of sp³-hybridized carbons (Fsp3) is 0.500. The Kier molecular flexibility index (Phi) is 5.29. The monoisotopic (exact) mass is 355 g/mol. The lowest BCUT2D eigenvalue weighted by Crippen LogP contribution is -2.54. The van der Waals surface area contributed by atoms with Crippen molar-refractivity contribution >= 4 is 21.8 Å². The molecular weight excluding hydrogens is 334 g/mol. The minimum absolute atomic E-state index is 0.0493. The van der Waals surface area contributed by atoms with Crippen LogP contribution in [0.5, 0.6) is 0 Å². The van der Waals surface area contributed by atoms with E-state index in [2.05, 4.69) is 5.32 Å². The number of sulfone groups is 1. The lowest BCUT2D eigenvalue weighted by Gasteiger charge is -2.29. The van der Waals surface area contributed by atoms with E-state index in [1.54, 1.807) is 25.1 Å². The highest BCUT2D eigenvalue weighted by atomic mass is 32.2. The lowest BCUT2D eigenvalue weighted by atomic mass is 9.87. The Morgan fingerprint density at radius 1 is 1.29 bits per heavy atom. The van der Waals surface area contributed by atoms with E-state index >= 15 is 0 Å². The van der Waals surface area contributed by atoms with Crippen molar-refractivity contribution in [1.82, 2.24) is 5.32 Å². The van der Waals surface area contributed by atoms with Gasteiger partial charge in [0.05, 0.1) is 23.9 Å². The van der Waals surface area contributed by atoms with Gasteiger partial charge in [-0.2, -0.15) is 0 Å². The molecule has 0 saturated carbocycles. The molecule has 0 aliphatic carbocycles. The molecule has 0 bridgehead atoms. The van der Waals surface area contributed by atoms with Crippen molar-refractivity contribution in [2.24, 2.45) is 5.92 Å². The highest BCUT2D eigenvalue weighted by molar-refractivity contribution is 7.92. The van der Waals surface area contributed by atoms with E-state index in [4.69, 9.17) is 9.47 Å². The Labute approximate surface area is 141 Å². The number of esters is 2. The number of carbonyl (C=O) groups is 2. The number of benzene rings is 1. The molecule has 0 amide bonds. The summed E-state index contributed by atoms with van der Waals surface area (Å²) in [4.78, 5) is 24.7. The van der Waals surface area contributed by atoms with Crippen molar-refractivity contribution in [3.05, 3.63) is 30.3 Å². The maximum absolute atomic E-state index is 12.9. The predicted molar refractivity (Wildman–Crippen MR) is 86.0 cm³/mol. The third-order valence-electron chi connectivity index (χ3n) is 4.29. The van der Waals surface area contributed by atoms with E-state index in [1.165, 1.54) is 26.2 Å². The van der Waals surface area contributed by atoms with E-state index in [9.17, 15) is 18.0 Å². The van der Waals surface area contributed by atoms with Crippen LogP contribution in [-0.2, 0) is 28.9 Å². The molecule has 1 aliphatic rings. The Bertz CT molecular complexity index is 717. The van der Waals surface area contributed by atoms with Crippen LogP contribution in [0.25, 0.3) is 0 Å². The van der Waals surface area contributed by atoms with Crippen LogP contribution in [-0.4, -0.2) is 51.4 Å². The van der Waals surface area contributed by atoms with Crippen molar-refractivity contribution in [3.63, 3.8) is 0 Å². The number of ether oxygens (including phenoxy) is 2. The highest BCUT2D eigenvalue weighted by Gasteiger charge is 2.59. The van der Waals surface area contributed by atoms with Crippen LogP contribution >= 0.6 is 0 Å². The number of hydrogen-bond acceptors (Lipinski definition) is 7. The second-order valence-electron chi connectivity index (χ2n) is 5.70. The first-order valence-corrected chi connectivity index (χ1v) is 9.12. The molecule has 0 spiro atoms. The Balaban J connectivity index is 2.48.